The molecule has 0 spiro atoms. The third kappa shape index (κ3) is 4.25. The van der Waals surface area contributed by atoms with Gasteiger partial charge in [0.2, 0.25) is 5.91 Å². The molecule has 1 aliphatic rings. The van der Waals surface area contributed by atoms with Gasteiger partial charge in [0.05, 0.1) is 24.1 Å². The zero-order valence-electron chi connectivity index (χ0n) is 17.4. The summed E-state index contributed by atoms with van der Waals surface area (Å²) in [5, 5.41) is 6.02. The topological polar surface area (TPSA) is 79.8 Å². The lowest BCUT2D eigenvalue weighted by Crippen LogP contribution is -2.21. The highest BCUT2D eigenvalue weighted by Gasteiger charge is 2.35. The highest BCUT2D eigenvalue weighted by molar-refractivity contribution is 6.24. The number of ether oxygens (including phenoxy) is 1. The first-order chi connectivity index (χ1) is 15.1. The second-order valence-corrected chi connectivity index (χ2v) is 7.28. The van der Waals surface area contributed by atoms with Gasteiger partial charge < -0.3 is 15.4 Å². The molecule has 2 N–H and O–H groups in total. The van der Waals surface area contributed by atoms with Crippen LogP contribution >= 0.6 is 0 Å². The largest absolute Gasteiger partial charge is 0.465 e. The maximum atomic E-state index is 13.0. The zero-order chi connectivity index (χ0) is 21.8. The average molecular weight is 413 g/mol. The molecular formula is C25H23N3O3. The van der Waals surface area contributed by atoms with Gasteiger partial charge in [0.25, 0.3) is 0 Å². The third-order valence-corrected chi connectivity index (χ3v) is 5.22. The molecule has 156 valence electrons. The number of hydrogen-bond acceptors (Lipinski definition) is 5. The third-order valence-electron chi connectivity index (χ3n) is 5.22. The Morgan fingerprint density at radius 2 is 1.77 bits per heavy atom. The van der Waals surface area contributed by atoms with Gasteiger partial charge >= 0.3 is 5.97 Å². The van der Waals surface area contributed by atoms with E-state index < -0.39 is 11.9 Å². The summed E-state index contributed by atoms with van der Waals surface area (Å²) in [7, 11) is 3.24. The maximum absolute atomic E-state index is 13.0. The standard InChI is InChI=1S/C25H23N3O3/c1-26-15-16-8-11-19(12-9-16)27-23(17-6-4-3-5-7-17)22-20-13-10-18(25(30)31-2)14-21(20)28-24(22)29/h3-14,22,26H,15H2,1-2H3,(H,28,29). The minimum Gasteiger partial charge on any atom is -0.465 e. The van der Waals surface area contributed by atoms with Crippen LogP contribution in [0.25, 0.3) is 0 Å². The summed E-state index contributed by atoms with van der Waals surface area (Å²) >= 11 is 0. The molecule has 6 nitrogen and oxygen atoms in total. The molecule has 0 aliphatic carbocycles. The molecule has 1 heterocycles. The van der Waals surface area contributed by atoms with E-state index >= 15 is 0 Å². The quantitative estimate of drug-likeness (QED) is 0.472. The van der Waals surface area contributed by atoms with Crippen LogP contribution in [0.4, 0.5) is 11.4 Å². The van der Waals surface area contributed by atoms with E-state index in [-0.39, 0.29) is 5.91 Å². The highest BCUT2D eigenvalue weighted by atomic mass is 16.5. The van der Waals surface area contributed by atoms with Crippen LogP contribution in [-0.4, -0.2) is 31.7 Å². The van der Waals surface area contributed by atoms with Crippen LogP contribution in [0.1, 0.15) is 33.0 Å². The van der Waals surface area contributed by atoms with Crippen LogP contribution in [0.5, 0.6) is 0 Å². The number of nitrogens with one attached hydrogen (secondary N) is 2. The molecule has 3 aromatic carbocycles. The monoisotopic (exact) mass is 413 g/mol. The summed E-state index contributed by atoms with van der Waals surface area (Å²) in [5.74, 6) is -1.20. The number of methoxy groups -OCH3 is 1. The Morgan fingerprint density at radius 3 is 2.45 bits per heavy atom. The Morgan fingerprint density at radius 1 is 1.03 bits per heavy atom. The first kappa shape index (κ1) is 20.5. The Bertz CT molecular complexity index is 1140. The number of aliphatic imine (C=N–C) groups is 1. The van der Waals surface area contributed by atoms with Crippen LogP contribution in [0.15, 0.2) is 77.8 Å². The van der Waals surface area contributed by atoms with Gasteiger partial charge in [-0.3, -0.25) is 9.79 Å². The molecule has 0 fully saturated rings. The van der Waals surface area contributed by atoms with Crippen molar-refractivity contribution in [3.8, 4) is 0 Å². The Kier molecular flexibility index (Phi) is 5.91. The number of nitrogens with zero attached hydrogens (tertiary/aromatic N) is 1. The summed E-state index contributed by atoms with van der Waals surface area (Å²) < 4.78 is 4.79. The lowest BCUT2D eigenvalue weighted by molar-refractivity contribution is -0.115. The van der Waals surface area contributed by atoms with Crippen molar-refractivity contribution in [2.75, 3.05) is 19.5 Å². The summed E-state index contributed by atoms with van der Waals surface area (Å²) in [6.45, 7) is 0.774. The van der Waals surface area contributed by atoms with E-state index in [4.69, 9.17) is 9.73 Å². The molecule has 0 saturated carbocycles. The van der Waals surface area contributed by atoms with Crippen LogP contribution in [0.2, 0.25) is 0 Å². The molecule has 1 atom stereocenters. The van der Waals surface area contributed by atoms with Crippen molar-refractivity contribution in [2.24, 2.45) is 4.99 Å². The fourth-order valence-electron chi connectivity index (χ4n) is 3.71. The molecule has 0 saturated heterocycles. The fraction of sp³-hybridized carbons (Fsp3) is 0.160. The molecule has 0 bridgehead atoms. The number of rotatable bonds is 6. The predicted molar refractivity (Wildman–Crippen MR) is 121 cm³/mol. The van der Waals surface area contributed by atoms with Crippen molar-refractivity contribution in [2.45, 2.75) is 12.5 Å². The van der Waals surface area contributed by atoms with Crippen molar-refractivity contribution in [3.63, 3.8) is 0 Å². The molecule has 0 radical (unpaired) electrons. The van der Waals surface area contributed by atoms with Gasteiger partial charge in [0, 0.05) is 12.2 Å². The molecule has 3 aromatic rings. The summed E-state index contributed by atoms with van der Waals surface area (Å²) in [4.78, 5) is 29.8. The summed E-state index contributed by atoms with van der Waals surface area (Å²) in [5.41, 5.74) is 5.22. The zero-order valence-corrected chi connectivity index (χ0v) is 17.4. The lowest BCUT2D eigenvalue weighted by atomic mass is 9.90. The first-order valence-corrected chi connectivity index (χ1v) is 10.0. The molecular weight excluding hydrogens is 390 g/mol. The van der Waals surface area contributed by atoms with Crippen molar-refractivity contribution >= 4 is 29.0 Å². The number of esters is 1. The highest BCUT2D eigenvalue weighted by Crippen LogP contribution is 2.37. The van der Waals surface area contributed by atoms with Crippen LogP contribution in [0, 0.1) is 0 Å². The van der Waals surface area contributed by atoms with Crippen molar-refractivity contribution in [1.29, 1.82) is 0 Å². The van der Waals surface area contributed by atoms with E-state index in [1.807, 2.05) is 61.6 Å². The average Bonchev–Trinajstić information content (AvgIpc) is 3.13. The minimum absolute atomic E-state index is 0.175. The molecule has 1 amide bonds. The molecule has 4 rings (SSSR count). The second kappa shape index (κ2) is 8.93. The van der Waals surface area contributed by atoms with Crippen LogP contribution in [-0.2, 0) is 16.1 Å². The number of anilines is 1. The predicted octanol–water partition coefficient (Wildman–Crippen LogP) is 4.05. The smallest absolute Gasteiger partial charge is 0.337 e. The molecule has 1 aliphatic heterocycles. The van der Waals surface area contributed by atoms with Gasteiger partial charge in [0.1, 0.15) is 5.92 Å². The van der Waals surface area contributed by atoms with Gasteiger partial charge in [-0.15, -0.1) is 0 Å². The number of amides is 1. The van der Waals surface area contributed by atoms with Gasteiger partial charge in [-0.05, 0) is 48.0 Å². The van der Waals surface area contributed by atoms with Crippen molar-refractivity contribution in [1.82, 2.24) is 5.32 Å². The molecule has 0 aromatic heterocycles. The number of fused-ring (bicyclic) bond motifs is 1. The fourth-order valence-corrected chi connectivity index (χ4v) is 3.71. The maximum Gasteiger partial charge on any atom is 0.337 e. The SMILES string of the molecule is CNCc1ccc(N=C(c2ccccc2)C2C(=O)Nc3cc(C(=O)OC)ccc32)cc1. The van der Waals surface area contributed by atoms with E-state index in [1.54, 1.807) is 18.2 Å². The van der Waals surface area contributed by atoms with Gasteiger partial charge in [0.15, 0.2) is 0 Å². The van der Waals surface area contributed by atoms with E-state index in [9.17, 15) is 9.59 Å². The van der Waals surface area contributed by atoms with Crippen LogP contribution in [0.3, 0.4) is 0 Å². The van der Waals surface area contributed by atoms with Gasteiger partial charge in [-0.1, -0.05) is 48.5 Å². The number of benzene rings is 3. The van der Waals surface area contributed by atoms with Gasteiger partial charge in [-0.25, -0.2) is 4.79 Å². The van der Waals surface area contributed by atoms with Crippen LogP contribution < -0.4 is 10.6 Å². The Hall–Kier alpha value is -3.77. The van der Waals surface area contributed by atoms with E-state index in [0.717, 1.165) is 28.9 Å². The minimum atomic E-state index is -0.582. The first-order valence-electron chi connectivity index (χ1n) is 10.0. The lowest BCUT2D eigenvalue weighted by Gasteiger charge is -2.14. The van der Waals surface area contributed by atoms with Crippen molar-refractivity contribution in [3.05, 3.63) is 95.1 Å². The summed E-state index contributed by atoms with van der Waals surface area (Å²) in [6.07, 6.45) is 0. The van der Waals surface area contributed by atoms with E-state index in [0.29, 0.717) is 17.0 Å². The number of carbonyl (C=O) groups excluding carboxylic acids is 2. The number of carbonyl (C=O) groups is 2. The normalized spacial score (nSPS) is 15.4. The Labute approximate surface area is 181 Å². The Balaban J connectivity index is 1.78. The van der Waals surface area contributed by atoms with Gasteiger partial charge in [-0.2, -0.15) is 0 Å². The van der Waals surface area contributed by atoms with Crippen molar-refractivity contribution < 1.29 is 14.3 Å². The van der Waals surface area contributed by atoms with E-state index in [1.165, 1.54) is 7.11 Å². The van der Waals surface area contributed by atoms with E-state index in [2.05, 4.69) is 10.6 Å². The molecule has 31 heavy (non-hydrogen) atoms. The summed E-state index contributed by atoms with van der Waals surface area (Å²) in [6, 6.07) is 22.7. The number of hydrogen-bond donors (Lipinski definition) is 2. The second-order valence-electron chi connectivity index (χ2n) is 7.28. The molecule has 1 unspecified atom stereocenters. The molecule has 6 heteroatoms.